The molecule has 2 aliphatic heterocycles. The van der Waals surface area contributed by atoms with Crippen molar-refractivity contribution in [3.63, 3.8) is 0 Å². The maximum Gasteiger partial charge on any atom is 0.267 e. The second-order valence-electron chi connectivity index (χ2n) is 5.78. The fourth-order valence-electron chi connectivity index (χ4n) is 2.94. The third kappa shape index (κ3) is 3.13. The summed E-state index contributed by atoms with van der Waals surface area (Å²) in [5, 5.41) is 8.30. The summed E-state index contributed by atoms with van der Waals surface area (Å²) in [4.78, 5) is 20.8. The Kier molecular flexibility index (Phi) is 4.43. The lowest BCUT2D eigenvalue weighted by molar-refractivity contribution is 0.182. The molecular weight excluding hydrogens is 350 g/mol. The Bertz CT molecular complexity index is 797. The van der Waals surface area contributed by atoms with Crippen LogP contribution in [0.3, 0.4) is 0 Å². The Morgan fingerprint density at radius 1 is 1.33 bits per heavy atom. The Balaban J connectivity index is 1.60. The molecule has 126 valence electrons. The van der Waals surface area contributed by atoms with Crippen LogP contribution in [0.25, 0.3) is 0 Å². The summed E-state index contributed by atoms with van der Waals surface area (Å²) in [6.45, 7) is 0.906. The molecule has 2 aromatic rings. The van der Waals surface area contributed by atoms with Gasteiger partial charge in [0.2, 0.25) is 5.95 Å². The molecule has 1 saturated heterocycles. The summed E-state index contributed by atoms with van der Waals surface area (Å²) in [5.41, 5.74) is 1.98. The maximum atomic E-state index is 12.5. The first kappa shape index (κ1) is 15.9. The third-order valence-electron chi connectivity index (χ3n) is 4.16. The Labute approximate surface area is 147 Å². The number of anilines is 1. The van der Waals surface area contributed by atoms with E-state index in [9.17, 15) is 4.79 Å². The molecule has 24 heavy (non-hydrogen) atoms. The molecule has 0 radical (unpaired) electrons. The van der Waals surface area contributed by atoms with E-state index in [1.807, 2.05) is 11.8 Å². The predicted octanol–water partition coefficient (Wildman–Crippen LogP) is 1.53. The van der Waals surface area contributed by atoms with E-state index in [2.05, 4.69) is 20.4 Å². The van der Waals surface area contributed by atoms with Crippen molar-refractivity contribution in [1.82, 2.24) is 19.7 Å². The van der Waals surface area contributed by atoms with Gasteiger partial charge in [0.15, 0.2) is 0 Å². The topological polar surface area (TPSA) is 81.9 Å². The molecule has 1 N–H and O–H groups in total. The van der Waals surface area contributed by atoms with Crippen LogP contribution in [0.2, 0.25) is 5.02 Å². The molecule has 0 amide bonds. The standard InChI is InChI=1S/C15H16ClN5O2S/c16-10-4-17-15(18-5-10)19-12-6-23-7-13(12)21-14(22)3-9-8-24-2-1-11(9)20-21/h3-5,12-13H,1-2,6-8H2,(H,17,18,19). The predicted molar refractivity (Wildman–Crippen MR) is 92.7 cm³/mol. The van der Waals surface area contributed by atoms with Crippen molar-refractivity contribution in [3.8, 4) is 0 Å². The van der Waals surface area contributed by atoms with E-state index >= 15 is 0 Å². The largest absolute Gasteiger partial charge is 0.377 e. The molecule has 2 unspecified atom stereocenters. The number of hydrogen-bond acceptors (Lipinski definition) is 7. The van der Waals surface area contributed by atoms with Crippen LogP contribution in [0.1, 0.15) is 17.3 Å². The van der Waals surface area contributed by atoms with E-state index in [-0.39, 0.29) is 17.6 Å². The van der Waals surface area contributed by atoms with Crippen LogP contribution in [-0.2, 0) is 16.9 Å². The number of ether oxygens (including phenoxy) is 1. The molecule has 2 atom stereocenters. The van der Waals surface area contributed by atoms with E-state index in [4.69, 9.17) is 16.3 Å². The summed E-state index contributed by atoms with van der Waals surface area (Å²) in [6.07, 6.45) is 3.96. The van der Waals surface area contributed by atoms with Gasteiger partial charge in [0.1, 0.15) is 6.04 Å². The van der Waals surface area contributed by atoms with E-state index in [1.54, 1.807) is 10.7 Å². The van der Waals surface area contributed by atoms with Gasteiger partial charge in [-0.3, -0.25) is 4.79 Å². The molecule has 0 aliphatic carbocycles. The van der Waals surface area contributed by atoms with Crippen molar-refractivity contribution in [1.29, 1.82) is 0 Å². The van der Waals surface area contributed by atoms with Crippen molar-refractivity contribution in [2.45, 2.75) is 24.3 Å². The number of hydrogen-bond donors (Lipinski definition) is 1. The van der Waals surface area contributed by atoms with Gasteiger partial charge < -0.3 is 10.1 Å². The van der Waals surface area contributed by atoms with Crippen LogP contribution < -0.4 is 10.9 Å². The summed E-state index contributed by atoms with van der Waals surface area (Å²) >= 11 is 7.64. The maximum absolute atomic E-state index is 12.5. The smallest absolute Gasteiger partial charge is 0.267 e. The monoisotopic (exact) mass is 365 g/mol. The first-order valence-corrected chi connectivity index (χ1v) is 9.25. The highest BCUT2D eigenvalue weighted by molar-refractivity contribution is 7.98. The van der Waals surface area contributed by atoms with Gasteiger partial charge in [0.05, 0.1) is 42.4 Å². The molecule has 0 saturated carbocycles. The molecular formula is C15H16ClN5O2S. The molecule has 4 heterocycles. The summed E-state index contributed by atoms with van der Waals surface area (Å²) < 4.78 is 7.12. The van der Waals surface area contributed by atoms with Crippen molar-refractivity contribution in [3.05, 3.63) is 45.1 Å². The van der Waals surface area contributed by atoms with Gasteiger partial charge in [-0.2, -0.15) is 16.9 Å². The molecule has 0 bridgehead atoms. The van der Waals surface area contributed by atoms with Crippen LogP contribution in [0.5, 0.6) is 0 Å². The molecule has 2 aromatic heterocycles. The van der Waals surface area contributed by atoms with Crippen molar-refractivity contribution in [2.75, 3.05) is 24.3 Å². The first-order chi connectivity index (χ1) is 11.7. The third-order valence-corrected chi connectivity index (χ3v) is 5.37. The summed E-state index contributed by atoms with van der Waals surface area (Å²) in [5.74, 6) is 2.36. The SMILES string of the molecule is O=c1cc2c(nn1C1COCC1Nc1ncc(Cl)cn1)CCSC2. The van der Waals surface area contributed by atoms with Crippen LogP contribution >= 0.6 is 23.4 Å². The highest BCUT2D eigenvalue weighted by atomic mass is 35.5. The minimum Gasteiger partial charge on any atom is -0.377 e. The lowest BCUT2D eigenvalue weighted by atomic mass is 10.1. The molecule has 9 heteroatoms. The van der Waals surface area contributed by atoms with Gasteiger partial charge in [-0.15, -0.1) is 0 Å². The zero-order valence-electron chi connectivity index (χ0n) is 12.8. The van der Waals surface area contributed by atoms with E-state index < -0.39 is 0 Å². The van der Waals surface area contributed by atoms with Crippen molar-refractivity contribution >= 4 is 29.3 Å². The van der Waals surface area contributed by atoms with Crippen LogP contribution in [-0.4, -0.2) is 44.8 Å². The Morgan fingerprint density at radius 2 is 2.17 bits per heavy atom. The van der Waals surface area contributed by atoms with E-state index in [0.717, 1.165) is 29.2 Å². The van der Waals surface area contributed by atoms with Gasteiger partial charge in [0, 0.05) is 18.2 Å². The number of nitrogens with zero attached hydrogens (tertiary/aromatic N) is 4. The number of fused-ring (bicyclic) bond motifs is 1. The summed E-state index contributed by atoms with van der Waals surface area (Å²) in [6, 6.07) is 1.41. The van der Waals surface area contributed by atoms with Crippen LogP contribution in [0.15, 0.2) is 23.3 Å². The number of rotatable bonds is 3. The number of halogens is 1. The number of aromatic nitrogens is 4. The van der Waals surface area contributed by atoms with Gasteiger partial charge in [0.25, 0.3) is 5.56 Å². The van der Waals surface area contributed by atoms with Gasteiger partial charge >= 0.3 is 0 Å². The fraction of sp³-hybridized carbons (Fsp3) is 0.467. The fourth-order valence-corrected chi connectivity index (χ4v) is 3.99. The highest BCUT2D eigenvalue weighted by Gasteiger charge is 2.32. The van der Waals surface area contributed by atoms with Gasteiger partial charge in [-0.05, 0) is 11.3 Å². The van der Waals surface area contributed by atoms with Crippen molar-refractivity contribution in [2.24, 2.45) is 0 Å². The zero-order chi connectivity index (χ0) is 16.5. The lowest BCUT2D eigenvalue weighted by Crippen LogP contribution is -2.38. The molecule has 0 aromatic carbocycles. The second-order valence-corrected chi connectivity index (χ2v) is 7.32. The minimum absolute atomic E-state index is 0.0874. The minimum atomic E-state index is -0.184. The lowest BCUT2D eigenvalue weighted by Gasteiger charge is -2.22. The highest BCUT2D eigenvalue weighted by Crippen LogP contribution is 2.24. The molecule has 7 nitrogen and oxygen atoms in total. The molecule has 4 rings (SSSR count). The average Bonchev–Trinajstić information content (AvgIpc) is 3.04. The van der Waals surface area contributed by atoms with Crippen LogP contribution in [0, 0.1) is 0 Å². The van der Waals surface area contributed by atoms with Crippen molar-refractivity contribution < 1.29 is 4.74 Å². The van der Waals surface area contributed by atoms with Crippen LogP contribution in [0.4, 0.5) is 5.95 Å². The van der Waals surface area contributed by atoms with E-state index in [0.29, 0.717) is 24.2 Å². The normalized spacial score (nSPS) is 23.0. The van der Waals surface area contributed by atoms with Gasteiger partial charge in [-0.1, -0.05) is 11.6 Å². The Hall–Kier alpha value is -1.64. The first-order valence-electron chi connectivity index (χ1n) is 7.72. The number of thioether (sulfide) groups is 1. The average molecular weight is 366 g/mol. The Morgan fingerprint density at radius 3 is 3.00 bits per heavy atom. The number of aryl methyl sites for hydroxylation is 1. The molecule has 1 fully saturated rings. The number of nitrogens with one attached hydrogen (secondary N) is 1. The molecule has 0 spiro atoms. The quantitative estimate of drug-likeness (QED) is 0.883. The zero-order valence-corrected chi connectivity index (χ0v) is 14.4. The molecule has 2 aliphatic rings. The summed E-state index contributed by atoms with van der Waals surface area (Å²) in [7, 11) is 0. The second kappa shape index (κ2) is 6.70. The van der Waals surface area contributed by atoms with E-state index in [1.165, 1.54) is 12.4 Å². The van der Waals surface area contributed by atoms with Gasteiger partial charge in [-0.25, -0.2) is 14.6 Å².